The van der Waals surface area contributed by atoms with Crippen LogP contribution < -0.4 is 5.32 Å². The van der Waals surface area contributed by atoms with E-state index in [2.05, 4.69) is 31.0 Å². The highest BCUT2D eigenvalue weighted by molar-refractivity contribution is 5.87. The van der Waals surface area contributed by atoms with E-state index in [1.54, 1.807) is 0 Å². The van der Waals surface area contributed by atoms with Crippen molar-refractivity contribution in [1.82, 2.24) is 10.2 Å². The zero-order valence-corrected chi connectivity index (χ0v) is 11.5. The van der Waals surface area contributed by atoms with Crippen LogP contribution in [0.25, 0.3) is 0 Å². The van der Waals surface area contributed by atoms with E-state index < -0.39 is 0 Å². The summed E-state index contributed by atoms with van der Waals surface area (Å²) in [6.45, 7) is 7.53. The van der Waals surface area contributed by atoms with Gasteiger partial charge in [-0.3, -0.25) is 4.79 Å². The summed E-state index contributed by atoms with van der Waals surface area (Å²) in [5, 5.41) is 3.47. The van der Waals surface area contributed by atoms with Gasteiger partial charge in [0, 0.05) is 12.1 Å². The van der Waals surface area contributed by atoms with Crippen LogP contribution in [0.2, 0.25) is 0 Å². The number of carbonyl (C=O) groups excluding carboxylic acids is 1. The summed E-state index contributed by atoms with van der Waals surface area (Å²) >= 11 is 0. The fourth-order valence-electron chi connectivity index (χ4n) is 3.51. The van der Waals surface area contributed by atoms with Gasteiger partial charge in [-0.05, 0) is 58.9 Å². The Morgan fingerprint density at radius 2 is 1.94 bits per heavy atom. The summed E-state index contributed by atoms with van der Waals surface area (Å²) in [5.41, 5.74) is -0.250. The fourth-order valence-corrected chi connectivity index (χ4v) is 3.51. The van der Waals surface area contributed by atoms with E-state index in [0.29, 0.717) is 18.0 Å². The summed E-state index contributed by atoms with van der Waals surface area (Å²) in [7, 11) is 0. The summed E-state index contributed by atoms with van der Waals surface area (Å²) < 4.78 is 0. The van der Waals surface area contributed by atoms with Crippen molar-refractivity contribution in [3.8, 4) is 0 Å². The predicted octanol–water partition coefficient (Wildman–Crippen LogP) is 2.31. The van der Waals surface area contributed by atoms with Gasteiger partial charge in [-0.25, -0.2) is 0 Å². The molecule has 0 aromatic heterocycles. The van der Waals surface area contributed by atoms with Gasteiger partial charge >= 0.3 is 0 Å². The molecule has 2 saturated heterocycles. The lowest BCUT2D eigenvalue weighted by Gasteiger charge is -2.44. The average Bonchev–Trinajstić information content (AvgIpc) is 2.78. The van der Waals surface area contributed by atoms with Crippen molar-refractivity contribution < 1.29 is 4.79 Å². The Morgan fingerprint density at radius 3 is 2.41 bits per heavy atom. The van der Waals surface area contributed by atoms with Crippen molar-refractivity contribution in [3.63, 3.8) is 0 Å². The van der Waals surface area contributed by atoms with Gasteiger partial charge in [-0.15, -0.1) is 0 Å². The van der Waals surface area contributed by atoms with E-state index in [9.17, 15) is 4.79 Å². The Balaban J connectivity index is 2.16. The van der Waals surface area contributed by atoms with Crippen LogP contribution in [-0.2, 0) is 4.79 Å². The van der Waals surface area contributed by atoms with E-state index in [4.69, 9.17) is 0 Å². The smallest absolute Gasteiger partial charge is 0.243 e. The molecule has 0 aromatic rings. The lowest BCUT2D eigenvalue weighted by molar-refractivity contribution is -0.144. The lowest BCUT2D eigenvalue weighted by Crippen LogP contribution is -2.60. The molecule has 98 valence electrons. The van der Waals surface area contributed by atoms with Crippen LogP contribution in [0.15, 0.2) is 0 Å². The Labute approximate surface area is 105 Å². The monoisotopic (exact) mass is 238 g/mol. The first-order valence-corrected chi connectivity index (χ1v) is 7.18. The van der Waals surface area contributed by atoms with Crippen LogP contribution in [0.4, 0.5) is 0 Å². The molecule has 0 spiro atoms. The van der Waals surface area contributed by atoms with Crippen LogP contribution >= 0.6 is 0 Å². The second-order valence-corrected chi connectivity index (χ2v) is 5.81. The van der Waals surface area contributed by atoms with Crippen molar-refractivity contribution in [3.05, 3.63) is 0 Å². The molecular formula is C14H26N2O. The fraction of sp³-hybridized carbons (Fsp3) is 0.929. The molecule has 2 aliphatic rings. The first-order valence-electron chi connectivity index (χ1n) is 7.18. The molecule has 2 fully saturated rings. The molecule has 2 rings (SSSR count). The van der Waals surface area contributed by atoms with Gasteiger partial charge in [-0.2, -0.15) is 0 Å². The van der Waals surface area contributed by atoms with Crippen molar-refractivity contribution in [2.45, 2.75) is 76.9 Å². The molecule has 3 nitrogen and oxygen atoms in total. The van der Waals surface area contributed by atoms with Gasteiger partial charge in [0.15, 0.2) is 0 Å². The number of amides is 1. The summed E-state index contributed by atoms with van der Waals surface area (Å²) in [6, 6.07) is 0.828. The number of piperidine rings is 1. The average molecular weight is 238 g/mol. The SMILES string of the molecule is CCC1(C(=O)N2C(C)CCCC2C)CCCN1. The van der Waals surface area contributed by atoms with Crippen LogP contribution in [0.3, 0.4) is 0 Å². The maximum absolute atomic E-state index is 12.8. The molecule has 0 saturated carbocycles. The van der Waals surface area contributed by atoms with Crippen LogP contribution in [0, 0.1) is 0 Å². The van der Waals surface area contributed by atoms with Crippen LogP contribution in [-0.4, -0.2) is 35.0 Å². The van der Waals surface area contributed by atoms with Gasteiger partial charge in [0.05, 0.1) is 5.54 Å². The number of nitrogens with zero attached hydrogens (tertiary/aromatic N) is 1. The molecule has 2 aliphatic heterocycles. The molecule has 0 aromatic carbocycles. The zero-order valence-electron chi connectivity index (χ0n) is 11.5. The van der Waals surface area contributed by atoms with E-state index in [-0.39, 0.29) is 5.54 Å². The standard InChI is InChI=1S/C14H26N2O/c1-4-14(9-6-10-15-14)13(17)16-11(2)7-5-8-12(16)3/h11-12,15H,4-10H2,1-3H3. The number of rotatable bonds is 2. The summed E-state index contributed by atoms with van der Waals surface area (Å²) in [4.78, 5) is 15.0. The molecular weight excluding hydrogens is 212 g/mol. The Morgan fingerprint density at radius 1 is 1.29 bits per heavy atom. The lowest BCUT2D eigenvalue weighted by atomic mass is 9.88. The molecule has 3 unspecified atom stereocenters. The second-order valence-electron chi connectivity index (χ2n) is 5.81. The van der Waals surface area contributed by atoms with E-state index >= 15 is 0 Å². The third-order valence-corrected chi connectivity index (χ3v) is 4.68. The molecule has 2 heterocycles. The highest BCUT2D eigenvalue weighted by Crippen LogP contribution is 2.31. The predicted molar refractivity (Wildman–Crippen MR) is 69.9 cm³/mol. The Hall–Kier alpha value is -0.570. The minimum atomic E-state index is -0.250. The minimum absolute atomic E-state index is 0.250. The highest BCUT2D eigenvalue weighted by Gasteiger charge is 2.44. The first-order chi connectivity index (χ1) is 8.10. The number of carbonyl (C=O) groups is 1. The van der Waals surface area contributed by atoms with Crippen LogP contribution in [0.1, 0.15) is 59.3 Å². The topological polar surface area (TPSA) is 32.3 Å². The van der Waals surface area contributed by atoms with Gasteiger partial charge in [-0.1, -0.05) is 6.92 Å². The molecule has 1 N–H and O–H groups in total. The molecule has 0 bridgehead atoms. The minimum Gasteiger partial charge on any atom is -0.336 e. The maximum atomic E-state index is 12.8. The third-order valence-electron chi connectivity index (χ3n) is 4.68. The second kappa shape index (κ2) is 4.97. The summed E-state index contributed by atoms with van der Waals surface area (Å²) in [5.74, 6) is 0.359. The van der Waals surface area contributed by atoms with E-state index in [1.807, 2.05) is 0 Å². The first kappa shape index (κ1) is 12.9. The van der Waals surface area contributed by atoms with Crippen LogP contribution in [0.5, 0.6) is 0 Å². The van der Waals surface area contributed by atoms with Gasteiger partial charge in [0.2, 0.25) is 5.91 Å². The Kier molecular flexibility index (Phi) is 3.76. The number of nitrogens with one attached hydrogen (secondary N) is 1. The highest BCUT2D eigenvalue weighted by atomic mass is 16.2. The molecule has 1 amide bonds. The van der Waals surface area contributed by atoms with Gasteiger partial charge in [0.1, 0.15) is 0 Å². The largest absolute Gasteiger partial charge is 0.336 e. The van der Waals surface area contributed by atoms with Gasteiger partial charge < -0.3 is 10.2 Å². The van der Waals surface area contributed by atoms with Crippen molar-refractivity contribution in [1.29, 1.82) is 0 Å². The van der Waals surface area contributed by atoms with Crippen molar-refractivity contribution in [2.24, 2.45) is 0 Å². The molecule has 3 heteroatoms. The number of hydrogen-bond acceptors (Lipinski definition) is 2. The quantitative estimate of drug-likeness (QED) is 0.800. The zero-order chi connectivity index (χ0) is 12.5. The molecule has 3 atom stereocenters. The molecule has 0 aliphatic carbocycles. The number of hydrogen-bond donors (Lipinski definition) is 1. The normalized spacial score (nSPS) is 38.4. The van der Waals surface area contributed by atoms with E-state index in [1.165, 1.54) is 6.42 Å². The third kappa shape index (κ3) is 2.22. The van der Waals surface area contributed by atoms with Gasteiger partial charge in [0.25, 0.3) is 0 Å². The van der Waals surface area contributed by atoms with Crippen molar-refractivity contribution >= 4 is 5.91 Å². The van der Waals surface area contributed by atoms with Crippen molar-refractivity contribution in [2.75, 3.05) is 6.54 Å². The summed E-state index contributed by atoms with van der Waals surface area (Å²) in [6.07, 6.45) is 6.65. The molecule has 17 heavy (non-hydrogen) atoms. The maximum Gasteiger partial charge on any atom is 0.243 e. The molecule has 0 radical (unpaired) electrons. The van der Waals surface area contributed by atoms with E-state index in [0.717, 1.165) is 38.6 Å². The number of likely N-dealkylation sites (tertiary alicyclic amines) is 1. The Bertz CT molecular complexity index is 274.